The molecule has 1 amide bonds. The molecule has 2 aliphatic heterocycles. The molecular weight excluding hydrogens is 294 g/mol. The van der Waals surface area contributed by atoms with Crippen LogP contribution in [0.2, 0.25) is 0 Å². The fourth-order valence-corrected chi connectivity index (χ4v) is 3.38. The van der Waals surface area contributed by atoms with E-state index in [9.17, 15) is 4.79 Å². The molecule has 2 heterocycles. The first kappa shape index (κ1) is 16.1. The zero-order valence-electron chi connectivity index (χ0n) is 13.8. The summed E-state index contributed by atoms with van der Waals surface area (Å²) in [4.78, 5) is 12.3. The Morgan fingerprint density at radius 1 is 1.09 bits per heavy atom. The van der Waals surface area contributed by atoms with Gasteiger partial charge in [-0.1, -0.05) is 6.07 Å². The van der Waals surface area contributed by atoms with Crippen LogP contribution in [0.15, 0.2) is 18.2 Å². The highest BCUT2D eigenvalue weighted by atomic mass is 16.5. The molecule has 0 radical (unpaired) electrons. The van der Waals surface area contributed by atoms with Crippen molar-refractivity contribution in [2.45, 2.75) is 37.8 Å². The Hall–Kier alpha value is -1.79. The van der Waals surface area contributed by atoms with Gasteiger partial charge in [0, 0.05) is 6.42 Å². The molecule has 0 spiro atoms. The number of methoxy groups -OCH3 is 2. The monoisotopic (exact) mass is 319 g/mol. The Morgan fingerprint density at radius 2 is 1.83 bits per heavy atom. The molecule has 0 aliphatic carbocycles. The van der Waals surface area contributed by atoms with Crippen molar-refractivity contribution < 1.29 is 14.3 Å². The van der Waals surface area contributed by atoms with E-state index in [1.165, 1.54) is 0 Å². The largest absolute Gasteiger partial charge is 0.493 e. The Morgan fingerprint density at radius 3 is 2.52 bits per heavy atom. The van der Waals surface area contributed by atoms with Crippen molar-refractivity contribution in [2.75, 3.05) is 27.3 Å². The number of ether oxygens (including phenoxy) is 2. The molecule has 6 nitrogen and oxygen atoms in total. The van der Waals surface area contributed by atoms with Gasteiger partial charge in [0.05, 0.1) is 26.3 Å². The van der Waals surface area contributed by atoms with Gasteiger partial charge in [-0.2, -0.15) is 0 Å². The summed E-state index contributed by atoms with van der Waals surface area (Å²) >= 11 is 0. The lowest BCUT2D eigenvalue weighted by Gasteiger charge is -2.40. The summed E-state index contributed by atoms with van der Waals surface area (Å²) in [6, 6.07) is 6.36. The second kappa shape index (κ2) is 7.19. The van der Waals surface area contributed by atoms with Crippen LogP contribution >= 0.6 is 0 Å². The van der Waals surface area contributed by atoms with Crippen LogP contribution in [-0.2, 0) is 4.79 Å². The molecule has 1 atom stereocenters. The molecule has 0 bridgehead atoms. The van der Waals surface area contributed by atoms with Crippen LogP contribution in [-0.4, -0.2) is 44.3 Å². The van der Waals surface area contributed by atoms with E-state index in [2.05, 4.69) is 10.7 Å². The van der Waals surface area contributed by atoms with Gasteiger partial charge in [0.15, 0.2) is 11.5 Å². The number of carbonyl (C=O) groups excluding carboxylic acids is 1. The van der Waals surface area contributed by atoms with E-state index in [-0.39, 0.29) is 18.0 Å². The normalized spacial score (nSPS) is 23.0. The SMILES string of the molecule is COc1ccc(C2CCC(=O)N(C3CCNCC3)N2)cc1OC. The molecule has 1 aromatic rings. The third kappa shape index (κ3) is 3.43. The molecule has 6 heteroatoms. The molecule has 126 valence electrons. The minimum atomic E-state index is 0.127. The highest BCUT2D eigenvalue weighted by molar-refractivity contribution is 5.77. The van der Waals surface area contributed by atoms with E-state index in [1.807, 2.05) is 23.2 Å². The molecule has 0 aromatic heterocycles. The molecule has 2 N–H and O–H groups in total. The van der Waals surface area contributed by atoms with Crippen molar-refractivity contribution in [1.82, 2.24) is 15.8 Å². The Kier molecular flexibility index (Phi) is 5.03. The van der Waals surface area contributed by atoms with E-state index in [0.29, 0.717) is 6.42 Å². The molecule has 1 unspecified atom stereocenters. The van der Waals surface area contributed by atoms with Crippen LogP contribution in [0.4, 0.5) is 0 Å². The summed E-state index contributed by atoms with van der Waals surface area (Å²) in [6.07, 6.45) is 3.38. The van der Waals surface area contributed by atoms with Gasteiger partial charge in [0.25, 0.3) is 0 Å². The average molecular weight is 319 g/mol. The van der Waals surface area contributed by atoms with Crippen LogP contribution < -0.4 is 20.2 Å². The fourth-order valence-electron chi connectivity index (χ4n) is 3.38. The van der Waals surface area contributed by atoms with Crippen molar-refractivity contribution in [2.24, 2.45) is 0 Å². The maximum absolute atomic E-state index is 12.3. The number of carbonyl (C=O) groups is 1. The molecule has 2 aliphatic rings. The molecule has 2 fully saturated rings. The predicted molar refractivity (Wildman–Crippen MR) is 87.4 cm³/mol. The maximum Gasteiger partial charge on any atom is 0.237 e. The van der Waals surface area contributed by atoms with Crippen LogP contribution in [0.1, 0.15) is 37.3 Å². The summed E-state index contributed by atoms with van der Waals surface area (Å²) < 4.78 is 10.7. The average Bonchev–Trinajstić information content (AvgIpc) is 2.62. The van der Waals surface area contributed by atoms with Gasteiger partial charge in [0.2, 0.25) is 5.91 Å². The number of piperidine rings is 1. The third-order valence-corrected chi connectivity index (χ3v) is 4.69. The molecule has 0 saturated carbocycles. The zero-order valence-corrected chi connectivity index (χ0v) is 13.8. The number of nitrogens with one attached hydrogen (secondary N) is 2. The lowest BCUT2D eigenvalue weighted by Crippen LogP contribution is -2.56. The Bertz CT molecular complexity index is 558. The van der Waals surface area contributed by atoms with Gasteiger partial charge in [0.1, 0.15) is 0 Å². The third-order valence-electron chi connectivity index (χ3n) is 4.69. The number of rotatable bonds is 4. The highest BCUT2D eigenvalue weighted by Crippen LogP contribution is 2.33. The molecule has 3 rings (SSSR count). The number of nitrogens with zero attached hydrogens (tertiary/aromatic N) is 1. The van der Waals surface area contributed by atoms with Gasteiger partial charge in [-0.05, 0) is 50.0 Å². The van der Waals surface area contributed by atoms with Gasteiger partial charge in [-0.3, -0.25) is 9.80 Å². The number of hydrazine groups is 1. The minimum Gasteiger partial charge on any atom is -0.493 e. The van der Waals surface area contributed by atoms with E-state index in [0.717, 1.165) is 49.4 Å². The van der Waals surface area contributed by atoms with Gasteiger partial charge in [-0.15, -0.1) is 0 Å². The van der Waals surface area contributed by atoms with Crippen molar-refractivity contribution in [1.29, 1.82) is 0 Å². The zero-order chi connectivity index (χ0) is 16.2. The first-order valence-corrected chi connectivity index (χ1v) is 8.24. The second-order valence-electron chi connectivity index (χ2n) is 6.08. The van der Waals surface area contributed by atoms with E-state index in [1.54, 1.807) is 14.2 Å². The van der Waals surface area contributed by atoms with E-state index >= 15 is 0 Å². The first-order chi connectivity index (χ1) is 11.2. The smallest absolute Gasteiger partial charge is 0.237 e. The predicted octanol–water partition coefficient (Wildman–Crippen LogP) is 1.62. The van der Waals surface area contributed by atoms with Crippen molar-refractivity contribution in [3.63, 3.8) is 0 Å². The summed E-state index contributed by atoms with van der Waals surface area (Å²) in [5.74, 6) is 1.64. The first-order valence-electron chi connectivity index (χ1n) is 8.24. The second-order valence-corrected chi connectivity index (χ2v) is 6.08. The van der Waals surface area contributed by atoms with Crippen molar-refractivity contribution >= 4 is 5.91 Å². The Balaban J connectivity index is 1.76. The standard InChI is InChI=1S/C17H25N3O3/c1-22-15-5-3-12(11-16(15)23-2)14-4-6-17(21)20(19-14)13-7-9-18-10-8-13/h3,5,11,13-14,18-19H,4,6-10H2,1-2H3. The summed E-state index contributed by atoms with van der Waals surface area (Å²) in [7, 11) is 3.27. The van der Waals surface area contributed by atoms with Crippen molar-refractivity contribution in [3.8, 4) is 11.5 Å². The minimum absolute atomic E-state index is 0.127. The number of amides is 1. The van der Waals surface area contributed by atoms with Crippen LogP contribution in [0, 0.1) is 0 Å². The topological polar surface area (TPSA) is 62.8 Å². The van der Waals surface area contributed by atoms with Crippen molar-refractivity contribution in [3.05, 3.63) is 23.8 Å². The lowest BCUT2D eigenvalue weighted by atomic mass is 9.98. The summed E-state index contributed by atoms with van der Waals surface area (Å²) in [5, 5.41) is 5.21. The molecule has 1 aromatic carbocycles. The van der Waals surface area contributed by atoms with Crippen LogP contribution in [0.3, 0.4) is 0 Å². The highest BCUT2D eigenvalue weighted by Gasteiger charge is 2.32. The quantitative estimate of drug-likeness (QED) is 0.883. The van der Waals surface area contributed by atoms with Gasteiger partial charge < -0.3 is 14.8 Å². The molecule has 2 saturated heterocycles. The fraction of sp³-hybridized carbons (Fsp3) is 0.588. The summed E-state index contributed by atoms with van der Waals surface area (Å²) in [5.41, 5.74) is 4.56. The summed E-state index contributed by atoms with van der Waals surface area (Å²) in [6.45, 7) is 1.94. The van der Waals surface area contributed by atoms with Gasteiger partial charge >= 0.3 is 0 Å². The van der Waals surface area contributed by atoms with E-state index in [4.69, 9.17) is 9.47 Å². The van der Waals surface area contributed by atoms with Gasteiger partial charge in [-0.25, -0.2) is 5.43 Å². The molecule has 23 heavy (non-hydrogen) atoms. The maximum atomic E-state index is 12.3. The molecular formula is C17H25N3O3. The van der Waals surface area contributed by atoms with Crippen LogP contribution in [0.25, 0.3) is 0 Å². The van der Waals surface area contributed by atoms with Crippen LogP contribution in [0.5, 0.6) is 11.5 Å². The number of hydrogen-bond acceptors (Lipinski definition) is 5. The lowest BCUT2D eigenvalue weighted by molar-refractivity contribution is -0.143. The Labute approximate surface area is 137 Å². The number of benzene rings is 1. The van der Waals surface area contributed by atoms with E-state index < -0.39 is 0 Å². The number of hydrogen-bond donors (Lipinski definition) is 2.